The molecule has 0 aliphatic rings. The molecule has 0 spiro atoms. The minimum atomic E-state index is -3.96. The van der Waals surface area contributed by atoms with Crippen LogP contribution in [0.15, 0.2) is 0 Å². The zero-order chi connectivity index (χ0) is 24.7. The number of rotatable bonds is 26. The van der Waals surface area contributed by atoms with Crippen LogP contribution in [-0.2, 0) is 23.1 Å². The molecule has 201 valence electrons. The van der Waals surface area contributed by atoms with Gasteiger partial charge in [0.25, 0.3) is 0 Å². The van der Waals surface area contributed by atoms with E-state index in [2.05, 4.69) is 24.1 Å². The van der Waals surface area contributed by atoms with Crippen molar-refractivity contribution in [1.82, 2.24) is 0 Å². The first-order valence-corrected chi connectivity index (χ1v) is 21.8. The molecule has 33 heavy (non-hydrogen) atoms. The van der Waals surface area contributed by atoms with Crippen molar-refractivity contribution in [1.29, 1.82) is 0 Å². The van der Waals surface area contributed by atoms with E-state index in [1.54, 1.807) is 0 Å². The van der Waals surface area contributed by atoms with Gasteiger partial charge < -0.3 is 0 Å². The molecule has 0 heterocycles. The summed E-state index contributed by atoms with van der Waals surface area (Å²) in [5.74, 6) is 0. The Kier molecular flexibility index (Phi) is 23.4. The first kappa shape index (κ1) is 33.6. The molecule has 0 saturated carbocycles. The number of hydrogen-bond donors (Lipinski definition) is 1. The van der Waals surface area contributed by atoms with E-state index in [4.69, 9.17) is 18.5 Å². The Hall–Kier alpha value is 0.588. The van der Waals surface area contributed by atoms with Crippen LogP contribution >= 0.6 is 7.82 Å². The summed E-state index contributed by atoms with van der Waals surface area (Å²) in [6.45, 7) is 4.64. The van der Waals surface area contributed by atoms with Gasteiger partial charge in [-0.1, -0.05) is 90.4 Å². The third-order valence-electron chi connectivity index (χ3n) is 5.51. The monoisotopic (exact) mass is 557 g/mol. The summed E-state index contributed by atoms with van der Waals surface area (Å²) in [7, 11) is -3.96. The topological polar surface area (TPSA) is 74.2 Å². The third-order valence-corrected chi connectivity index (χ3v) is 9.73. The predicted octanol–water partition coefficient (Wildman–Crippen LogP) is 7.97. The van der Waals surface area contributed by atoms with Gasteiger partial charge in [-0.15, -0.1) is 0 Å². The Bertz CT molecular complexity index is 459. The number of unbranched alkanes of at least 4 members (excludes halogenated alkanes) is 13. The third kappa shape index (κ3) is 28.7. The predicted molar refractivity (Wildman–Crippen MR) is 142 cm³/mol. The van der Waals surface area contributed by atoms with E-state index in [1.807, 2.05) is 0 Å². The van der Waals surface area contributed by atoms with E-state index < -0.39 is 21.4 Å². The Morgan fingerprint density at radius 1 is 0.576 bits per heavy atom. The van der Waals surface area contributed by atoms with Gasteiger partial charge >= 0.3 is 111 Å². The zero-order valence-electron chi connectivity index (χ0n) is 22.2. The van der Waals surface area contributed by atoms with Gasteiger partial charge in [0.15, 0.2) is 0 Å². The van der Waals surface area contributed by atoms with Crippen LogP contribution < -0.4 is 0 Å². The summed E-state index contributed by atoms with van der Waals surface area (Å²) in [5, 5.41) is 0.860. The van der Waals surface area contributed by atoms with Crippen LogP contribution in [0.2, 0.25) is 22.3 Å². The van der Waals surface area contributed by atoms with E-state index in [1.165, 1.54) is 83.5 Å². The Morgan fingerprint density at radius 2 is 0.970 bits per heavy atom. The van der Waals surface area contributed by atoms with Gasteiger partial charge in [-0.2, -0.15) is 0 Å². The summed E-state index contributed by atoms with van der Waals surface area (Å²) in [6, 6.07) is 0. The fourth-order valence-corrected chi connectivity index (χ4v) is 5.75. The summed E-state index contributed by atoms with van der Waals surface area (Å²) in [4.78, 5) is 9.62. The molecule has 8 heteroatoms. The number of phosphoric ester groups is 1. The normalized spacial score (nSPS) is 14.0. The van der Waals surface area contributed by atoms with Gasteiger partial charge in [0.1, 0.15) is 0 Å². The van der Waals surface area contributed by atoms with Gasteiger partial charge in [-0.3, -0.25) is 0 Å². The minimum absolute atomic E-state index is 0.0440. The number of hydrogen-bond acceptors (Lipinski definition) is 5. The maximum atomic E-state index is 11.8. The van der Waals surface area contributed by atoms with Crippen molar-refractivity contribution in [3.8, 4) is 0 Å². The average Bonchev–Trinajstić information content (AvgIpc) is 2.73. The van der Waals surface area contributed by atoms with Crippen molar-refractivity contribution in [2.45, 2.75) is 119 Å². The zero-order valence-corrected chi connectivity index (χ0v) is 25.0. The molecule has 0 aromatic heterocycles. The molecule has 0 aromatic carbocycles. The fraction of sp³-hybridized carbons (Fsp3) is 1.00. The quantitative estimate of drug-likeness (QED) is 0.0661. The van der Waals surface area contributed by atoms with Crippen LogP contribution in [0.3, 0.4) is 0 Å². The van der Waals surface area contributed by atoms with Crippen molar-refractivity contribution >= 4 is 21.4 Å². The second-order valence-electron chi connectivity index (χ2n) is 9.97. The first-order valence-electron chi connectivity index (χ1n) is 13.3. The van der Waals surface area contributed by atoms with Crippen molar-refractivity contribution < 1.29 is 28.0 Å². The summed E-state index contributed by atoms with van der Waals surface area (Å²) in [6.07, 6.45) is 19.0. The van der Waals surface area contributed by atoms with Crippen molar-refractivity contribution in [3.63, 3.8) is 0 Å². The Balaban J connectivity index is 3.23. The molecule has 1 radical (unpaired) electrons. The van der Waals surface area contributed by atoms with Crippen molar-refractivity contribution in [2.75, 3.05) is 39.6 Å². The summed E-state index contributed by atoms with van der Waals surface area (Å²) in [5.41, 5.74) is 6.67. The molecule has 1 unspecified atom stereocenters. The van der Waals surface area contributed by atoms with Crippen molar-refractivity contribution in [3.05, 3.63) is 0 Å². The van der Waals surface area contributed by atoms with Gasteiger partial charge in [0.05, 0.1) is 0 Å². The van der Waals surface area contributed by atoms with Crippen LogP contribution in [0.4, 0.5) is 0 Å². The maximum absolute atomic E-state index is 11.8. The average molecular weight is 558 g/mol. The summed E-state index contributed by atoms with van der Waals surface area (Å²) < 4.78 is 32.6. The van der Waals surface area contributed by atoms with E-state index in [9.17, 15) is 9.46 Å². The molecule has 0 aliphatic heterocycles. The van der Waals surface area contributed by atoms with Crippen molar-refractivity contribution in [2.24, 2.45) is 0 Å². The molecule has 0 saturated heterocycles. The summed E-state index contributed by atoms with van der Waals surface area (Å²) >= 11 is -1.61. The molecule has 1 N–H and O–H groups in total. The SMILES string of the molecule is CCCCCCCCCCCCCCCCOCCOCCOP(=O)(O)OCC[As](C)(C)C. The molecular weight excluding hydrogens is 502 g/mol. The fourth-order valence-electron chi connectivity index (χ4n) is 3.40. The molecule has 1 atom stereocenters. The number of ether oxygens (including phenoxy) is 2. The molecule has 6 nitrogen and oxygen atoms in total. The van der Waals surface area contributed by atoms with Crippen LogP contribution in [-0.4, -0.2) is 58.1 Å². The molecule has 0 bridgehead atoms. The second-order valence-corrected chi connectivity index (χ2v) is 22.0. The second kappa shape index (κ2) is 23.0. The van der Waals surface area contributed by atoms with Crippen LogP contribution in [0, 0.1) is 0 Å². The Morgan fingerprint density at radius 3 is 1.45 bits per heavy atom. The number of phosphoric acid groups is 1. The standard InChI is InChI=1S/C25H55AsO6P/c1-5-6-7-8-9-10-11-12-13-14-15-16-17-18-20-29-22-23-30-24-25-32-33(27,28)31-21-19-26(2,3)4/h5-25H2,1-4H3,(H,27,28). The van der Waals surface area contributed by atoms with Crippen LogP contribution in [0.1, 0.15) is 96.8 Å². The Labute approximate surface area is 207 Å². The van der Waals surface area contributed by atoms with E-state index in [-0.39, 0.29) is 19.8 Å². The first-order chi connectivity index (χ1) is 15.8. The van der Waals surface area contributed by atoms with Gasteiger partial charge in [0, 0.05) is 0 Å². The van der Waals surface area contributed by atoms with Crippen LogP contribution in [0.25, 0.3) is 0 Å². The van der Waals surface area contributed by atoms with E-state index >= 15 is 0 Å². The molecule has 0 rings (SSSR count). The van der Waals surface area contributed by atoms with Crippen LogP contribution in [0.5, 0.6) is 0 Å². The molecule has 0 aliphatic carbocycles. The molecule has 0 aromatic rings. The van der Waals surface area contributed by atoms with E-state index in [0.717, 1.165) is 18.2 Å². The van der Waals surface area contributed by atoms with Gasteiger partial charge in [0.2, 0.25) is 0 Å². The van der Waals surface area contributed by atoms with Gasteiger partial charge in [-0.05, 0) is 6.42 Å². The van der Waals surface area contributed by atoms with Gasteiger partial charge in [-0.25, -0.2) is 0 Å². The molecule has 0 fully saturated rings. The molecular formula is C25H55AsO6P. The van der Waals surface area contributed by atoms with E-state index in [0.29, 0.717) is 13.2 Å². The molecule has 0 amide bonds.